The summed E-state index contributed by atoms with van der Waals surface area (Å²) >= 11 is 0. The number of hydrogen-bond donors (Lipinski definition) is 1. The maximum atomic E-state index is 13.0. The van der Waals surface area contributed by atoms with Crippen LogP contribution in [0.4, 0.5) is 4.39 Å². The van der Waals surface area contributed by atoms with Gasteiger partial charge in [-0.1, -0.05) is 30.3 Å². The van der Waals surface area contributed by atoms with Crippen molar-refractivity contribution in [1.29, 1.82) is 0 Å². The molecule has 1 aromatic heterocycles. The number of pyridine rings is 1. The lowest BCUT2D eigenvalue weighted by Gasteiger charge is -2.14. The highest BCUT2D eigenvalue weighted by molar-refractivity contribution is 5.23. The Bertz CT molecular complexity index is 471. The molecule has 0 aliphatic rings. The molecule has 2 N–H and O–H groups in total. The van der Waals surface area contributed by atoms with Crippen LogP contribution in [-0.2, 0) is 6.42 Å². The molecule has 1 aromatic carbocycles. The molecule has 1 heterocycles. The molecule has 0 amide bonds. The number of nitrogens with zero attached hydrogens (tertiary/aromatic N) is 1. The molecule has 0 spiro atoms. The average Bonchev–Trinajstić information content (AvgIpc) is 2.37. The van der Waals surface area contributed by atoms with Gasteiger partial charge in [-0.2, -0.15) is 0 Å². The van der Waals surface area contributed by atoms with Crippen molar-refractivity contribution in [3.8, 4) is 0 Å². The second kappa shape index (κ2) is 5.55. The van der Waals surface area contributed by atoms with E-state index in [0.29, 0.717) is 13.0 Å². The highest BCUT2D eigenvalue weighted by Gasteiger charge is 2.10. The fourth-order valence-electron chi connectivity index (χ4n) is 1.91. The van der Waals surface area contributed by atoms with Gasteiger partial charge in [0, 0.05) is 12.1 Å². The Morgan fingerprint density at radius 1 is 1.18 bits per heavy atom. The zero-order valence-electron chi connectivity index (χ0n) is 9.51. The molecule has 0 fully saturated rings. The van der Waals surface area contributed by atoms with Crippen molar-refractivity contribution in [2.24, 2.45) is 5.73 Å². The smallest absolute Gasteiger partial charge is 0.141 e. The number of benzene rings is 1. The van der Waals surface area contributed by atoms with Crippen LogP contribution in [-0.4, -0.2) is 11.5 Å². The second-order valence-electron chi connectivity index (χ2n) is 4.06. The molecule has 0 aliphatic heterocycles. The van der Waals surface area contributed by atoms with Crippen LogP contribution in [0, 0.1) is 5.82 Å². The predicted molar refractivity (Wildman–Crippen MR) is 66.1 cm³/mol. The molecule has 2 aromatic rings. The Balaban J connectivity index is 2.16. The molecule has 17 heavy (non-hydrogen) atoms. The first-order valence-corrected chi connectivity index (χ1v) is 5.64. The van der Waals surface area contributed by atoms with Crippen molar-refractivity contribution in [3.05, 3.63) is 65.7 Å². The normalized spacial score (nSPS) is 12.4. The first kappa shape index (κ1) is 11.7. The molecule has 3 heteroatoms. The zero-order valence-corrected chi connectivity index (χ0v) is 9.51. The average molecular weight is 230 g/mol. The van der Waals surface area contributed by atoms with Crippen LogP contribution >= 0.6 is 0 Å². The lowest BCUT2D eigenvalue weighted by atomic mass is 9.93. The van der Waals surface area contributed by atoms with Crippen LogP contribution < -0.4 is 5.73 Å². The van der Waals surface area contributed by atoms with Gasteiger partial charge in [0.2, 0.25) is 0 Å². The van der Waals surface area contributed by atoms with Gasteiger partial charge in [0.25, 0.3) is 0 Å². The van der Waals surface area contributed by atoms with Gasteiger partial charge in [-0.25, -0.2) is 4.39 Å². The van der Waals surface area contributed by atoms with Crippen LogP contribution in [0.3, 0.4) is 0 Å². The van der Waals surface area contributed by atoms with E-state index in [2.05, 4.69) is 4.98 Å². The van der Waals surface area contributed by atoms with Gasteiger partial charge in [-0.05, 0) is 30.2 Å². The summed E-state index contributed by atoms with van der Waals surface area (Å²) < 4.78 is 13.0. The van der Waals surface area contributed by atoms with Crippen LogP contribution in [0.1, 0.15) is 17.0 Å². The molecule has 0 saturated heterocycles. The first-order chi connectivity index (χ1) is 8.29. The van der Waals surface area contributed by atoms with Crippen molar-refractivity contribution in [3.63, 3.8) is 0 Å². The van der Waals surface area contributed by atoms with Crippen molar-refractivity contribution in [2.75, 3.05) is 6.54 Å². The lowest BCUT2D eigenvalue weighted by Crippen LogP contribution is -2.15. The van der Waals surface area contributed by atoms with Crippen LogP contribution in [0.5, 0.6) is 0 Å². The summed E-state index contributed by atoms with van der Waals surface area (Å²) in [5.74, 6) is -0.0915. The molecule has 1 unspecified atom stereocenters. The Kier molecular flexibility index (Phi) is 3.83. The number of halogens is 1. The third-order valence-corrected chi connectivity index (χ3v) is 2.80. The number of hydrogen-bond acceptors (Lipinski definition) is 2. The fourth-order valence-corrected chi connectivity index (χ4v) is 1.91. The van der Waals surface area contributed by atoms with Gasteiger partial charge in [0.15, 0.2) is 0 Å². The second-order valence-corrected chi connectivity index (χ2v) is 4.06. The van der Waals surface area contributed by atoms with E-state index in [1.165, 1.54) is 17.8 Å². The monoisotopic (exact) mass is 230 g/mol. The van der Waals surface area contributed by atoms with Crippen LogP contribution in [0.25, 0.3) is 0 Å². The summed E-state index contributed by atoms with van der Waals surface area (Å²) in [4.78, 5) is 3.85. The summed E-state index contributed by atoms with van der Waals surface area (Å²) in [5, 5.41) is 0. The van der Waals surface area contributed by atoms with E-state index in [4.69, 9.17) is 5.73 Å². The molecule has 0 saturated carbocycles. The van der Waals surface area contributed by atoms with E-state index in [9.17, 15) is 4.39 Å². The SMILES string of the molecule is NCC(Cc1cncc(F)c1)c1ccccc1. The highest BCUT2D eigenvalue weighted by atomic mass is 19.1. The molecule has 0 bridgehead atoms. The van der Waals surface area contributed by atoms with E-state index < -0.39 is 0 Å². The molecular weight excluding hydrogens is 215 g/mol. The summed E-state index contributed by atoms with van der Waals surface area (Å²) in [6.07, 6.45) is 3.61. The molecule has 2 nitrogen and oxygen atoms in total. The van der Waals surface area contributed by atoms with E-state index in [1.807, 2.05) is 30.3 Å². The third kappa shape index (κ3) is 3.11. The van der Waals surface area contributed by atoms with Crippen molar-refractivity contribution in [1.82, 2.24) is 4.98 Å². The minimum absolute atomic E-state index is 0.208. The fraction of sp³-hybridized carbons (Fsp3) is 0.214. The summed E-state index contributed by atoms with van der Waals surface area (Å²) in [5.41, 5.74) is 7.84. The van der Waals surface area contributed by atoms with Gasteiger partial charge in [-0.15, -0.1) is 0 Å². The van der Waals surface area contributed by atoms with Crippen LogP contribution in [0.2, 0.25) is 0 Å². The minimum Gasteiger partial charge on any atom is -0.330 e. The first-order valence-electron chi connectivity index (χ1n) is 5.64. The number of rotatable bonds is 4. The van der Waals surface area contributed by atoms with Gasteiger partial charge >= 0.3 is 0 Å². The largest absolute Gasteiger partial charge is 0.330 e. The Morgan fingerprint density at radius 2 is 1.94 bits per heavy atom. The van der Waals surface area contributed by atoms with Gasteiger partial charge in [0.1, 0.15) is 5.82 Å². The molecule has 0 aliphatic carbocycles. The van der Waals surface area contributed by atoms with E-state index in [1.54, 1.807) is 6.20 Å². The minimum atomic E-state index is -0.300. The Morgan fingerprint density at radius 3 is 2.59 bits per heavy atom. The molecule has 2 rings (SSSR count). The number of aromatic nitrogens is 1. The van der Waals surface area contributed by atoms with Gasteiger partial charge in [-0.3, -0.25) is 4.98 Å². The van der Waals surface area contributed by atoms with E-state index in [0.717, 1.165) is 5.56 Å². The third-order valence-electron chi connectivity index (χ3n) is 2.80. The highest BCUT2D eigenvalue weighted by Crippen LogP contribution is 2.19. The summed E-state index contributed by atoms with van der Waals surface area (Å²) in [6.45, 7) is 0.542. The van der Waals surface area contributed by atoms with E-state index in [-0.39, 0.29) is 11.7 Å². The topological polar surface area (TPSA) is 38.9 Å². The maximum Gasteiger partial charge on any atom is 0.141 e. The molecule has 0 radical (unpaired) electrons. The van der Waals surface area contributed by atoms with E-state index >= 15 is 0 Å². The molecule has 1 atom stereocenters. The van der Waals surface area contributed by atoms with Crippen molar-refractivity contribution < 1.29 is 4.39 Å². The quantitative estimate of drug-likeness (QED) is 0.876. The standard InChI is InChI=1S/C14H15FN2/c15-14-7-11(9-17-10-14)6-13(8-16)12-4-2-1-3-5-12/h1-5,7,9-10,13H,6,8,16H2. The van der Waals surface area contributed by atoms with Crippen molar-refractivity contribution in [2.45, 2.75) is 12.3 Å². The predicted octanol–water partition coefficient (Wildman–Crippen LogP) is 2.51. The Labute approximate surface area is 100 Å². The summed E-state index contributed by atoms with van der Waals surface area (Å²) in [7, 11) is 0. The van der Waals surface area contributed by atoms with Gasteiger partial charge < -0.3 is 5.73 Å². The molecular formula is C14H15FN2. The lowest BCUT2D eigenvalue weighted by molar-refractivity contribution is 0.613. The number of nitrogens with two attached hydrogens (primary N) is 1. The Hall–Kier alpha value is -1.74. The van der Waals surface area contributed by atoms with Crippen molar-refractivity contribution >= 4 is 0 Å². The maximum absolute atomic E-state index is 13.0. The van der Waals surface area contributed by atoms with Gasteiger partial charge in [0.05, 0.1) is 6.20 Å². The summed E-state index contributed by atoms with van der Waals surface area (Å²) in [6, 6.07) is 11.6. The zero-order chi connectivity index (χ0) is 12.1. The molecule has 88 valence electrons. The van der Waals surface area contributed by atoms with Crippen LogP contribution in [0.15, 0.2) is 48.8 Å².